The topological polar surface area (TPSA) is 67.2 Å². The summed E-state index contributed by atoms with van der Waals surface area (Å²) in [6, 6.07) is 15.4. The second-order valence-electron chi connectivity index (χ2n) is 6.55. The van der Waals surface area contributed by atoms with Gasteiger partial charge in [-0.1, -0.05) is 42.0 Å². The van der Waals surface area contributed by atoms with Crippen LogP contribution in [0, 0.1) is 13.8 Å². The number of hydrogen-bond donors (Lipinski definition) is 2. The summed E-state index contributed by atoms with van der Waals surface area (Å²) in [6.07, 6.45) is 1.74. The Hall–Kier alpha value is -2.92. The van der Waals surface area contributed by atoms with E-state index in [0.717, 1.165) is 22.4 Å². The molecule has 0 bridgehead atoms. The van der Waals surface area contributed by atoms with E-state index < -0.39 is 0 Å². The molecule has 1 amide bonds. The van der Waals surface area contributed by atoms with Gasteiger partial charge < -0.3 is 10.4 Å². The average Bonchev–Trinajstić information content (AvgIpc) is 3.07. The largest absolute Gasteiger partial charge is 0.394 e. The van der Waals surface area contributed by atoms with Gasteiger partial charge in [0.15, 0.2) is 0 Å². The predicted octanol–water partition coefficient (Wildman–Crippen LogP) is 3.27. The molecule has 1 unspecified atom stereocenters. The predicted molar refractivity (Wildman–Crippen MR) is 102 cm³/mol. The zero-order valence-corrected chi connectivity index (χ0v) is 15.2. The van der Waals surface area contributed by atoms with Crippen LogP contribution in [0.5, 0.6) is 0 Å². The average molecular weight is 349 g/mol. The molecule has 0 radical (unpaired) electrons. The Morgan fingerprint density at radius 2 is 1.92 bits per heavy atom. The van der Waals surface area contributed by atoms with E-state index in [1.54, 1.807) is 17.8 Å². The van der Waals surface area contributed by atoms with Gasteiger partial charge in [0.05, 0.1) is 17.9 Å². The number of nitrogens with zero attached hydrogens (tertiary/aromatic N) is 2. The molecule has 5 heteroatoms. The molecule has 2 N–H and O–H groups in total. The van der Waals surface area contributed by atoms with Gasteiger partial charge in [0.1, 0.15) is 5.69 Å². The number of aliphatic hydroxyl groups excluding tert-OH is 1. The number of hydrogen-bond acceptors (Lipinski definition) is 3. The van der Waals surface area contributed by atoms with E-state index in [1.165, 1.54) is 0 Å². The molecule has 3 aromatic rings. The van der Waals surface area contributed by atoms with E-state index in [9.17, 15) is 9.90 Å². The number of benzene rings is 2. The molecule has 5 nitrogen and oxygen atoms in total. The van der Waals surface area contributed by atoms with Crippen molar-refractivity contribution in [3.8, 4) is 16.9 Å². The van der Waals surface area contributed by atoms with Gasteiger partial charge in [0.2, 0.25) is 0 Å². The summed E-state index contributed by atoms with van der Waals surface area (Å²) in [5.41, 5.74) is 5.15. The van der Waals surface area contributed by atoms with Crippen molar-refractivity contribution in [2.75, 3.05) is 6.61 Å². The van der Waals surface area contributed by atoms with Crippen molar-refractivity contribution in [3.05, 3.63) is 71.4 Å². The van der Waals surface area contributed by atoms with E-state index in [-0.39, 0.29) is 18.6 Å². The first-order valence-corrected chi connectivity index (χ1v) is 8.64. The van der Waals surface area contributed by atoms with Crippen LogP contribution < -0.4 is 5.32 Å². The smallest absolute Gasteiger partial charge is 0.255 e. The van der Waals surface area contributed by atoms with Gasteiger partial charge in [-0.25, -0.2) is 4.68 Å². The summed E-state index contributed by atoms with van der Waals surface area (Å²) in [4.78, 5) is 12.8. The maximum atomic E-state index is 12.8. The van der Waals surface area contributed by atoms with Crippen molar-refractivity contribution < 1.29 is 9.90 Å². The van der Waals surface area contributed by atoms with Crippen LogP contribution in [-0.4, -0.2) is 33.4 Å². The fourth-order valence-electron chi connectivity index (χ4n) is 2.88. The van der Waals surface area contributed by atoms with Gasteiger partial charge in [-0.2, -0.15) is 5.10 Å². The van der Waals surface area contributed by atoms with Gasteiger partial charge in [-0.15, -0.1) is 0 Å². The van der Waals surface area contributed by atoms with Crippen LogP contribution in [0.3, 0.4) is 0 Å². The number of amides is 1. The molecule has 0 aliphatic carbocycles. The van der Waals surface area contributed by atoms with E-state index in [2.05, 4.69) is 16.5 Å². The Kier molecular flexibility index (Phi) is 5.19. The zero-order valence-electron chi connectivity index (χ0n) is 15.2. The Morgan fingerprint density at radius 3 is 2.58 bits per heavy atom. The molecule has 1 atom stereocenters. The van der Waals surface area contributed by atoms with Crippen LogP contribution in [0.1, 0.15) is 28.4 Å². The second-order valence-corrected chi connectivity index (χ2v) is 6.55. The molecule has 0 saturated heterocycles. The number of aliphatic hydroxyl groups is 1. The third kappa shape index (κ3) is 3.68. The quantitative estimate of drug-likeness (QED) is 0.743. The molecule has 0 aliphatic rings. The molecule has 26 heavy (non-hydrogen) atoms. The number of para-hydroxylation sites is 1. The van der Waals surface area contributed by atoms with Gasteiger partial charge >= 0.3 is 0 Å². The minimum Gasteiger partial charge on any atom is -0.394 e. The highest BCUT2D eigenvalue weighted by Crippen LogP contribution is 2.27. The highest BCUT2D eigenvalue weighted by Gasteiger charge is 2.21. The van der Waals surface area contributed by atoms with Gasteiger partial charge in [-0.05, 0) is 38.5 Å². The lowest BCUT2D eigenvalue weighted by atomic mass is 10.0. The number of nitrogens with one attached hydrogen (secondary N) is 1. The standard InChI is InChI=1S/C21H23N3O2/c1-14-9-10-18(15(2)11-14)20-19(21(26)22-16(3)13-25)12-24(23-20)17-7-5-4-6-8-17/h4-12,16,25H,13H2,1-3H3,(H,22,26). The first-order chi connectivity index (χ1) is 12.5. The van der Waals surface area contributed by atoms with Crippen LogP contribution in [0.25, 0.3) is 16.9 Å². The van der Waals surface area contributed by atoms with Crippen molar-refractivity contribution in [1.29, 1.82) is 0 Å². The summed E-state index contributed by atoms with van der Waals surface area (Å²) < 4.78 is 1.72. The van der Waals surface area contributed by atoms with Crippen molar-refractivity contribution >= 4 is 5.91 Å². The minimum atomic E-state index is -0.324. The fourth-order valence-corrected chi connectivity index (χ4v) is 2.88. The molecule has 0 aliphatic heterocycles. The number of rotatable bonds is 5. The van der Waals surface area contributed by atoms with E-state index >= 15 is 0 Å². The van der Waals surface area contributed by atoms with Crippen LogP contribution in [0.2, 0.25) is 0 Å². The lowest BCUT2D eigenvalue weighted by Gasteiger charge is -2.11. The van der Waals surface area contributed by atoms with Crippen LogP contribution in [0.15, 0.2) is 54.7 Å². The highest BCUT2D eigenvalue weighted by atomic mass is 16.3. The summed E-state index contributed by atoms with van der Waals surface area (Å²) in [5, 5.41) is 16.7. The second kappa shape index (κ2) is 7.54. The maximum Gasteiger partial charge on any atom is 0.255 e. The number of aromatic nitrogens is 2. The van der Waals surface area contributed by atoms with Crippen LogP contribution in [-0.2, 0) is 0 Å². The molecule has 0 fully saturated rings. The van der Waals surface area contributed by atoms with Gasteiger partial charge in [-0.3, -0.25) is 4.79 Å². The lowest BCUT2D eigenvalue weighted by Crippen LogP contribution is -2.35. The fraction of sp³-hybridized carbons (Fsp3) is 0.238. The van der Waals surface area contributed by atoms with E-state index in [1.807, 2.05) is 56.3 Å². The zero-order chi connectivity index (χ0) is 18.7. The van der Waals surface area contributed by atoms with E-state index in [0.29, 0.717) is 11.3 Å². The monoisotopic (exact) mass is 349 g/mol. The number of aryl methyl sites for hydroxylation is 2. The Morgan fingerprint density at radius 1 is 1.19 bits per heavy atom. The normalized spacial score (nSPS) is 12.0. The molecule has 3 rings (SSSR count). The number of carbonyl (C=O) groups excluding carboxylic acids is 1. The van der Waals surface area contributed by atoms with Gasteiger partial charge in [0, 0.05) is 17.8 Å². The van der Waals surface area contributed by atoms with Crippen molar-refractivity contribution in [1.82, 2.24) is 15.1 Å². The third-order valence-corrected chi connectivity index (χ3v) is 4.27. The van der Waals surface area contributed by atoms with Crippen LogP contribution >= 0.6 is 0 Å². The molecule has 1 heterocycles. The highest BCUT2D eigenvalue weighted by molar-refractivity contribution is 6.00. The first-order valence-electron chi connectivity index (χ1n) is 8.64. The Balaban J connectivity index is 2.11. The van der Waals surface area contributed by atoms with E-state index in [4.69, 9.17) is 0 Å². The molecule has 0 saturated carbocycles. The van der Waals surface area contributed by atoms with Crippen LogP contribution in [0.4, 0.5) is 0 Å². The molecule has 1 aromatic heterocycles. The van der Waals surface area contributed by atoms with Crippen molar-refractivity contribution in [3.63, 3.8) is 0 Å². The lowest BCUT2D eigenvalue weighted by molar-refractivity contribution is 0.0923. The summed E-state index contributed by atoms with van der Waals surface area (Å²) in [7, 11) is 0. The molecule has 0 spiro atoms. The SMILES string of the molecule is Cc1ccc(-c2nn(-c3ccccc3)cc2C(=O)NC(C)CO)c(C)c1. The maximum absolute atomic E-state index is 12.8. The molecular formula is C21H23N3O2. The molecular weight excluding hydrogens is 326 g/mol. The summed E-state index contributed by atoms with van der Waals surface area (Å²) in [5.74, 6) is -0.247. The van der Waals surface area contributed by atoms with Crippen molar-refractivity contribution in [2.45, 2.75) is 26.8 Å². The number of carbonyl (C=O) groups is 1. The molecule has 2 aromatic carbocycles. The van der Waals surface area contributed by atoms with Gasteiger partial charge in [0.25, 0.3) is 5.91 Å². The Bertz CT molecular complexity index is 916. The summed E-state index contributed by atoms with van der Waals surface area (Å²) in [6.45, 7) is 5.70. The summed E-state index contributed by atoms with van der Waals surface area (Å²) >= 11 is 0. The third-order valence-electron chi connectivity index (χ3n) is 4.27. The molecule has 134 valence electrons. The Labute approximate surface area is 153 Å². The first kappa shape index (κ1) is 17.9. The van der Waals surface area contributed by atoms with Crippen molar-refractivity contribution in [2.24, 2.45) is 0 Å². The minimum absolute atomic E-state index is 0.114.